The topological polar surface area (TPSA) is 120 Å². The van der Waals surface area contributed by atoms with Gasteiger partial charge in [-0.15, -0.1) is 0 Å². The van der Waals surface area contributed by atoms with E-state index < -0.39 is 28.1 Å². The van der Waals surface area contributed by atoms with E-state index in [0.29, 0.717) is 39.0 Å². The molecule has 0 radical (unpaired) electrons. The third-order valence-electron chi connectivity index (χ3n) is 4.33. The molecule has 2 unspecified atom stereocenters. The Hall–Kier alpha value is -2.61. The van der Waals surface area contributed by atoms with E-state index in [1.54, 1.807) is 30.7 Å². The summed E-state index contributed by atoms with van der Waals surface area (Å²) in [6.45, 7) is 1.79. The van der Waals surface area contributed by atoms with Gasteiger partial charge >= 0.3 is 5.76 Å². The fraction of sp³-hybridized carbons (Fsp3) is 0.235. The molecule has 13 heteroatoms. The Morgan fingerprint density at radius 3 is 2.67 bits per heavy atom. The van der Waals surface area contributed by atoms with Gasteiger partial charge in [-0.05, 0) is 30.2 Å². The van der Waals surface area contributed by atoms with E-state index >= 15 is 0 Å². The highest BCUT2D eigenvalue weighted by atomic mass is 32.2. The van der Waals surface area contributed by atoms with Crippen molar-refractivity contribution < 1.29 is 17.9 Å². The lowest BCUT2D eigenvalue weighted by Gasteiger charge is -2.13. The molecule has 0 N–H and O–H groups in total. The summed E-state index contributed by atoms with van der Waals surface area (Å²) in [5.74, 6) is -1.85. The Balaban J connectivity index is 1.89. The van der Waals surface area contributed by atoms with Gasteiger partial charge in [0.25, 0.3) is 5.03 Å². The Bertz CT molecular complexity index is 1190. The Labute approximate surface area is 175 Å². The average Bonchev–Trinajstić information content (AvgIpc) is 3.40. The largest absolute Gasteiger partial charge is 0.611 e. The van der Waals surface area contributed by atoms with Gasteiger partial charge in [-0.3, -0.25) is 0 Å². The average molecular weight is 451 g/mol. The molecular formula is C17H15F2N7O2S2. The fourth-order valence-corrected chi connectivity index (χ4v) is 4.32. The molecule has 0 saturated carbocycles. The molecule has 0 aromatic carbocycles. The minimum Gasteiger partial charge on any atom is -0.611 e. The molecule has 0 aliphatic heterocycles. The summed E-state index contributed by atoms with van der Waals surface area (Å²) in [6, 6.07) is 4.63. The molecule has 0 spiro atoms. The number of alkyl halides is 2. The molecule has 4 aromatic rings. The van der Waals surface area contributed by atoms with Crippen molar-refractivity contribution >= 4 is 33.4 Å². The lowest BCUT2D eigenvalue weighted by atomic mass is 10.3. The minimum absolute atomic E-state index is 0.260. The number of hydrogen-bond acceptors (Lipinski definition) is 7. The predicted octanol–water partition coefficient (Wildman–Crippen LogP) is 2.07. The molecule has 0 fully saturated rings. The number of nitrogens with zero attached hydrogens (tertiary/aromatic N) is 7. The van der Waals surface area contributed by atoms with E-state index in [0.717, 1.165) is 0 Å². The van der Waals surface area contributed by atoms with E-state index in [4.69, 9.17) is 0 Å². The molecular weight excluding hydrogens is 436 g/mol. The number of rotatable bonds is 6. The third kappa shape index (κ3) is 3.64. The summed E-state index contributed by atoms with van der Waals surface area (Å²) in [5, 5.41) is 3.79. The molecule has 4 rings (SSSR count). The quantitative estimate of drug-likeness (QED) is 0.412. The van der Waals surface area contributed by atoms with Crippen LogP contribution in [-0.4, -0.2) is 54.9 Å². The number of pyridine rings is 2. The first-order chi connectivity index (χ1) is 14.4. The van der Waals surface area contributed by atoms with Gasteiger partial charge < -0.3 is 13.7 Å². The lowest BCUT2D eigenvalue weighted by Crippen LogP contribution is -2.13. The minimum atomic E-state index is -3.04. The summed E-state index contributed by atoms with van der Waals surface area (Å²) < 4.78 is 53.0. The van der Waals surface area contributed by atoms with Crippen LogP contribution in [0.5, 0.6) is 0 Å². The molecule has 0 saturated heterocycles. The van der Waals surface area contributed by atoms with Crippen molar-refractivity contribution in [3.8, 4) is 17.3 Å². The van der Waals surface area contributed by atoms with Gasteiger partial charge in [0.1, 0.15) is 18.4 Å². The normalized spacial score (nSPS) is 13.8. The van der Waals surface area contributed by atoms with Crippen molar-refractivity contribution in [1.82, 2.24) is 34.3 Å². The number of imidazole rings is 1. The number of aromatic nitrogens is 7. The lowest BCUT2D eigenvalue weighted by molar-refractivity contribution is 0.234. The zero-order valence-corrected chi connectivity index (χ0v) is 17.4. The van der Waals surface area contributed by atoms with Crippen LogP contribution >= 0.6 is 0 Å². The number of aryl methyl sites for hydroxylation is 1. The maximum atomic E-state index is 12.8. The summed E-state index contributed by atoms with van der Waals surface area (Å²) in [4.78, 5) is 17.3. The van der Waals surface area contributed by atoms with Gasteiger partial charge in [-0.2, -0.15) is 13.9 Å². The summed E-state index contributed by atoms with van der Waals surface area (Å²) in [6.07, 6.45) is 4.18. The second kappa shape index (κ2) is 8.26. The van der Waals surface area contributed by atoms with Crippen LogP contribution in [0.2, 0.25) is 0 Å². The maximum absolute atomic E-state index is 12.8. The number of hydrogen-bond donors (Lipinski definition) is 0. The van der Waals surface area contributed by atoms with Crippen molar-refractivity contribution in [2.24, 2.45) is 7.05 Å². The standard InChI is InChI=1S/C17H15F2N7O2S2/c1-3-29(27)12-4-5-13(26-9-20-8-22-26)24-15(12)16-23-10-6-14(30(28)17(18)19)21-7-11(10)25(16)2/h4-9,17H,3H2,1-2H3. The highest BCUT2D eigenvalue weighted by Gasteiger charge is 2.27. The van der Waals surface area contributed by atoms with Crippen molar-refractivity contribution in [3.63, 3.8) is 0 Å². The number of fused-ring (bicyclic) bond motifs is 1. The van der Waals surface area contributed by atoms with Crippen LogP contribution in [0.25, 0.3) is 28.4 Å². The molecule has 4 aromatic heterocycles. The van der Waals surface area contributed by atoms with E-state index in [1.807, 2.05) is 0 Å². The SMILES string of the molecule is CC[S+]([O-])c1ccc(-n2cncn2)nc1-c1nc2cc([S+]([O-])C(F)F)ncc2n1C. The third-order valence-corrected chi connectivity index (χ3v) is 6.63. The van der Waals surface area contributed by atoms with Crippen LogP contribution < -0.4 is 0 Å². The van der Waals surface area contributed by atoms with Gasteiger partial charge in [0.05, 0.1) is 28.4 Å². The molecule has 0 amide bonds. The second-order valence-electron chi connectivity index (χ2n) is 6.05. The Morgan fingerprint density at radius 2 is 2.00 bits per heavy atom. The monoisotopic (exact) mass is 451 g/mol. The molecule has 9 nitrogen and oxygen atoms in total. The highest BCUT2D eigenvalue weighted by molar-refractivity contribution is 7.91. The van der Waals surface area contributed by atoms with Crippen molar-refractivity contribution in [3.05, 3.63) is 37.1 Å². The summed E-state index contributed by atoms with van der Waals surface area (Å²) >= 11 is -3.88. The molecule has 0 bridgehead atoms. The van der Waals surface area contributed by atoms with E-state index in [1.165, 1.54) is 29.6 Å². The molecule has 0 aliphatic rings. The van der Waals surface area contributed by atoms with Gasteiger partial charge in [-0.25, -0.2) is 24.6 Å². The van der Waals surface area contributed by atoms with E-state index in [-0.39, 0.29) is 5.03 Å². The molecule has 2 atom stereocenters. The fourth-order valence-electron chi connectivity index (χ4n) is 2.87. The molecule has 30 heavy (non-hydrogen) atoms. The zero-order chi connectivity index (χ0) is 21.4. The molecule has 156 valence electrons. The highest BCUT2D eigenvalue weighted by Crippen LogP contribution is 2.30. The zero-order valence-electron chi connectivity index (χ0n) is 15.8. The predicted molar refractivity (Wildman–Crippen MR) is 106 cm³/mol. The van der Waals surface area contributed by atoms with Gasteiger partial charge in [-0.1, -0.05) is 0 Å². The number of halogens is 2. The van der Waals surface area contributed by atoms with Gasteiger partial charge in [0, 0.05) is 13.1 Å². The molecule has 0 aliphatic carbocycles. The summed E-state index contributed by atoms with van der Waals surface area (Å²) in [7, 11) is 1.71. The second-order valence-corrected chi connectivity index (χ2v) is 9.13. The van der Waals surface area contributed by atoms with Crippen molar-refractivity contribution in [1.29, 1.82) is 0 Å². The van der Waals surface area contributed by atoms with Crippen molar-refractivity contribution in [2.75, 3.05) is 5.75 Å². The van der Waals surface area contributed by atoms with Gasteiger partial charge in [0.2, 0.25) is 0 Å². The Kier molecular flexibility index (Phi) is 5.69. The van der Waals surface area contributed by atoms with E-state index in [2.05, 4.69) is 25.0 Å². The van der Waals surface area contributed by atoms with Crippen LogP contribution in [0.3, 0.4) is 0 Å². The first-order valence-electron chi connectivity index (χ1n) is 8.66. The van der Waals surface area contributed by atoms with Crippen LogP contribution in [0.4, 0.5) is 8.78 Å². The van der Waals surface area contributed by atoms with Crippen LogP contribution in [0, 0.1) is 0 Å². The first kappa shape index (κ1) is 20.7. The van der Waals surface area contributed by atoms with Crippen LogP contribution in [0.1, 0.15) is 6.92 Å². The van der Waals surface area contributed by atoms with Crippen LogP contribution in [0.15, 0.2) is 47.0 Å². The molecule has 4 heterocycles. The summed E-state index contributed by atoms with van der Waals surface area (Å²) in [5.41, 5.74) is 1.22. The van der Waals surface area contributed by atoms with E-state index in [9.17, 15) is 17.9 Å². The van der Waals surface area contributed by atoms with Crippen molar-refractivity contribution in [2.45, 2.75) is 22.6 Å². The first-order valence-corrected chi connectivity index (χ1v) is 11.2. The van der Waals surface area contributed by atoms with Gasteiger partial charge in [0.15, 0.2) is 22.2 Å². The smallest absolute Gasteiger partial charge is 0.403 e. The maximum Gasteiger partial charge on any atom is 0.403 e. The Morgan fingerprint density at radius 1 is 1.20 bits per heavy atom. The van der Waals surface area contributed by atoms with Crippen LogP contribution in [-0.2, 0) is 29.4 Å².